The summed E-state index contributed by atoms with van der Waals surface area (Å²) in [5.41, 5.74) is 1.08. The smallest absolute Gasteiger partial charge is 0.254 e. The average Bonchev–Trinajstić information content (AvgIpc) is 3.25. The first-order chi connectivity index (χ1) is 13.7. The third kappa shape index (κ3) is 3.83. The Bertz CT molecular complexity index is 1150. The number of rotatable bonds is 5. The Balaban J connectivity index is 1.47. The van der Waals surface area contributed by atoms with E-state index >= 15 is 0 Å². The maximum atomic E-state index is 12.3. The predicted molar refractivity (Wildman–Crippen MR) is 102 cm³/mol. The van der Waals surface area contributed by atoms with Gasteiger partial charge in [0.25, 0.3) is 5.56 Å². The number of anilines is 1. The maximum absolute atomic E-state index is 12.3. The Labute approximate surface area is 159 Å². The van der Waals surface area contributed by atoms with E-state index in [1.165, 1.54) is 23.3 Å². The van der Waals surface area contributed by atoms with E-state index in [4.69, 9.17) is 0 Å². The van der Waals surface area contributed by atoms with Crippen LogP contribution in [-0.2, 0) is 11.3 Å². The monoisotopic (exact) mass is 373 g/mol. The van der Waals surface area contributed by atoms with E-state index < -0.39 is 5.91 Å². The maximum Gasteiger partial charge on any atom is 0.254 e. The lowest BCUT2D eigenvalue weighted by atomic mass is 10.1. The summed E-state index contributed by atoms with van der Waals surface area (Å²) < 4.78 is 2.92. The molecule has 9 nitrogen and oxygen atoms in total. The van der Waals surface area contributed by atoms with Gasteiger partial charge in [0.1, 0.15) is 30.8 Å². The number of benzene rings is 1. The van der Waals surface area contributed by atoms with Gasteiger partial charge in [-0.1, -0.05) is 30.3 Å². The van der Waals surface area contributed by atoms with Gasteiger partial charge in [-0.2, -0.15) is 0 Å². The first kappa shape index (κ1) is 17.3. The molecule has 0 aliphatic rings. The van der Waals surface area contributed by atoms with Crippen LogP contribution in [0.4, 0.5) is 5.82 Å². The second-order valence-corrected chi connectivity index (χ2v) is 5.89. The van der Waals surface area contributed by atoms with Crippen LogP contribution >= 0.6 is 0 Å². The van der Waals surface area contributed by atoms with Crippen molar-refractivity contribution in [1.29, 1.82) is 0 Å². The second-order valence-electron chi connectivity index (χ2n) is 5.89. The number of nitrogens with zero attached hydrogens (tertiary/aromatic N) is 6. The molecule has 1 N–H and O–H groups in total. The fourth-order valence-electron chi connectivity index (χ4n) is 2.60. The van der Waals surface area contributed by atoms with Crippen molar-refractivity contribution in [3.63, 3.8) is 0 Å². The molecule has 9 heteroatoms. The van der Waals surface area contributed by atoms with E-state index in [-0.39, 0.29) is 12.1 Å². The van der Waals surface area contributed by atoms with Crippen LogP contribution in [0, 0.1) is 0 Å². The minimum atomic E-state index is -0.397. The minimum absolute atomic E-state index is 0.175. The van der Waals surface area contributed by atoms with Crippen molar-refractivity contribution in [3.8, 4) is 17.1 Å². The van der Waals surface area contributed by atoms with Crippen molar-refractivity contribution >= 4 is 11.7 Å². The van der Waals surface area contributed by atoms with Crippen LogP contribution in [0.5, 0.6) is 0 Å². The summed E-state index contributed by atoms with van der Waals surface area (Å²) in [6.07, 6.45) is 7.65. The molecule has 4 aromatic rings. The third-order valence-electron chi connectivity index (χ3n) is 3.95. The summed E-state index contributed by atoms with van der Waals surface area (Å²) in [4.78, 5) is 41.0. The van der Waals surface area contributed by atoms with Gasteiger partial charge in [0.15, 0.2) is 0 Å². The molecule has 0 bridgehead atoms. The van der Waals surface area contributed by atoms with Gasteiger partial charge in [-0.25, -0.2) is 19.9 Å². The van der Waals surface area contributed by atoms with Gasteiger partial charge in [0.05, 0.1) is 12.0 Å². The van der Waals surface area contributed by atoms with E-state index in [0.717, 1.165) is 5.56 Å². The highest BCUT2D eigenvalue weighted by Gasteiger charge is 2.09. The Morgan fingerprint density at radius 3 is 2.64 bits per heavy atom. The van der Waals surface area contributed by atoms with Crippen molar-refractivity contribution in [2.75, 3.05) is 5.32 Å². The van der Waals surface area contributed by atoms with E-state index in [0.29, 0.717) is 17.3 Å². The van der Waals surface area contributed by atoms with Crippen molar-refractivity contribution in [3.05, 3.63) is 84.2 Å². The highest BCUT2D eigenvalue weighted by atomic mass is 16.2. The fraction of sp³-hybridized carbons (Fsp3) is 0.0526. The fourth-order valence-corrected chi connectivity index (χ4v) is 2.60. The molecule has 4 rings (SSSR count). The number of carbonyl (C=O) groups excluding carboxylic acids is 1. The number of nitrogens with one attached hydrogen (secondary N) is 1. The van der Waals surface area contributed by atoms with Gasteiger partial charge >= 0.3 is 0 Å². The topological polar surface area (TPSA) is 108 Å². The van der Waals surface area contributed by atoms with Crippen molar-refractivity contribution in [2.24, 2.45) is 0 Å². The molecule has 1 aromatic carbocycles. The molecule has 0 fully saturated rings. The molecule has 28 heavy (non-hydrogen) atoms. The lowest BCUT2D eigenvalue weighted by Gasteiger charge is -2.08. The van der Waals surface area contributed by atoms with Gasteiger partial charge in [0, 0.05) is 30.1 Å². The van der Waals surface area contributed by atoms with E-state index in [1.807, 2.05) is 30.3 Å². The zero-order chi connectivity index (χ0) is 19.3. The van der Waals surface area contributed by atoms with E-state index in [9.17, 15) is 9.59 Å². The summed E-state index contributed by atoms with van der Waals surface area (Å²) in [6, 6.07) is 12.4. The largest absolute Gasteiger partial charge is 0.309 e. The van der Waals surface area contributed by atoms with Crippen LogP contribution in [-0.4, -0.2) is 35.0 Å². The molecule has 138 valence electrons. The highest BCUT2D eigenvalue weighted by Crippen LogP contribution is 2.13. The lowest BCUT2D eigenvalue weighted by molar-refractivity contribution is -0.116. The predicted octanol–water partition coefficient (Wildman–Crippen LogP) is 1.52. The Hall–Kier alpha value is -4.14. The summed E-state index contributed by atoms with van der Waals surface area (Å²) in [5, 5.41) is 2.65. The number of imidazole rings is 1. The van der Waals surface area contributed by atoms with Gasteiger partial charge in [-0.05, 0) is 0 Å². The summed E-state index contributed by atoms with van der Waals surface area (Å²) in [6.45, 7) is -0.175. The molecule has 3 aromatic heterocycles. The normalized spacial score (nSPS) is 10.6. The summed E-state index contributed by atoms with van der Waals surface area (Å²) in [5.74, 6) is 0.492. The Kier molecular flexibility index (Phi) is 4.70. The first-order valence-electron chi connectivity index (χ1n) is 8.41. The molecule has 0 aliphatic heterocycles. The zero-order valence-electron chi connectivity index (χ0n) is 14.6. The van der Waals surface area contributed by atoms with Crippen LogP contribution < -0.4 is 10.9 Å². The number of hydrogen-bond donors (Lipinski definition) is 1. The van der Waals surface area contributed by atoms with Crippen molar-refractivity contribution < 1.29 is 4.79 Å². The quantitative estimate of drug-likeness (QED) is 0.568. The molecule has 0 atom stereocenters. The first-order valence-corrected chi connectivity index (χ1v) is 8.41. The summed E-state index contributed by atoms with van der Waals surface area (Å²) >= 11 is 0. The van der Waals surface area contributed by atoms with Gasteiger partial charge in [-0.3, -0.25) is 18.7 Å². The van der Waals surface area contributed by atoms with Gasteiger partial charge < -0.3 is 5.32 Å². The second kappa shape index (κ2) is 7.62. The van der Waals surface area contributed by atoms with Crippen LogP contribution in [0.2, 0.25) is 0 Å². The molecular weight excluding hydrogens is 358 g/mol. The van der Waals surface area contributed by atoms with Crippen molar-refractivity contribution in [1.82, 2.24) is 29.1 Å². The lowest BCUT2D eigenvalue weighted by Crippen LogP contribution is -2.27. The zero-order valence-corrected chi connectivity index (χ0v) is 14.6. The molecule has 1 amide bonds. The Morgan fingerprint density at radius 1 is 1.04 bits per heavy atom. The number of carbonyl (C=O) groups is 1. The molecule has 3 heterocycles. The molecule has 0 unspecified atom stereocenters. The third-order valence-corrected chi connectivity index (χ3v) is 3.95. The standard InChI is InChI=1S/C19H15N7O2/c27-18(24-16-9-17(22-11-21-16)25-7-6-20-12-25)10-26-13-23-15(8-19(26)28)14-4-2-1-3-5-14/h1-9,11-13H,10H2,(H,21,22,24,27). The molecule has 0 spiro atoms. The number of aromatic nitrogens is 6. The molecule has 0 saturated heterocycles. The summed E-state index contributed by atoms with van der Waals surface area (Å²) in [7, 11) is 0. The van der Waals surface area contributed by atoms with Gasteiger partial charge in [-0.15, -0.1) is 0 Å². The van der Waals surface area contributed by atoms with Gasteiger partial charge in [0.2, 0.25) is 5.91 Å². The van der Waals surface area contributed by atoms with Crippen molar-refractivity contribution in [2.45, 2.75) is 6.54 Å². The minimum Gasteiger partial charge on any atom is -0.309 e. The van der Waals surface area contributed by atoms with Crippen LogP contribution in [0.3, 0.4) is 0 Å². The van der Waals surface area contributed by atoms with Crippen LogP contribution in [0.1, 0.15) is 0 Å². The molecular formula is C19H15N7O2. The average molecular weight is 373 g/mol. The number of amides is 1. The molecule has 0 aliphatic carbocycles. The SMILES string of the molecule is O=C(Cn1cnc(-c2ccccc2)cc1=O)Nc1cc(-n2ccnc2)ncn1. The Morgan fingerprint density at radius 2 is 1.89 bits per heavy atom. The van der Waals surface area contributed by atoms with E-state index in [1.54, 1.807) is 29.4 Å². The van der Waals surface area contributed by atoms with Crippen LogP contribution in [0.25, 0.3) is 17.1 Å². The molecule has 0 radical (unpaired) electrons. The highest BCUT2D eigenvalue weighted by molar-refractivity contribution is 5.89. The van der Waals surface area contributed by atoms with Crippen LogP contribution in [0.15, 0.2) is 78.6 Å². The number of hydrogen-bond acceptors (Lipinski definition) is 6. The molecule has 0 saturated carbocycles. The van der Waals surface area contributed by atoms with E-state index in [2.05, 4.69) is 25.3 Å².